The number of rotatable bonds is 11. The molecule has 45 heavy (non-hydrogen) atoms. The molecule has 2 aliphatic heterocycles. The number of anilines is 2. The third-order valence-electron chi connectivity index (χ3n) is 7.88. The highest BCUT2D eigenvalue weighted by Crippen LogP contribution is 2.31. The van der Waals surface area contributed by atoms with E-state index in [4.69, 9.17) is 9.47 Å². The first-order chi connectivity index (χ1) is 21.7. The second-order valence-corrected chi connectivity index (χ2v) is 11.7. The molecule has 0 unspecified atom stereocenters. The van der Waals surface area contributed by atoms with Crippen molar-refractivity contribution in [3.8, 4) is 11.6 Å². The van der Waals surface area contributed by atoms with Crippen molar-refractivity contribution >= 4 is 23.2 Å². The molecule has 4 heterocycles. The number of ether oxygens (including phenoxy) is 2. The number of carbonyl (C=O) groups excluding carboxylic acids is 2. The highest BCUT2D eigenvalue weighted by atomic mass is 16.5. The van der Waals surface area contributed by atoms with E-state index in [1.165, 1.54) is 4.68 Å². The Bertz CT molecular complexity index is 1470. The van der Waals surface area contributed by atoms with Crippen molar-refractivity contribution in [2.24, 2.45) is 0 Å². The Labute approximate surface area is 263 Å². The number of nitrogens with one attached hydrogen (secondary N) is 2. The summed E-state index contributed by atoms with van der Waals surface area (Å²) in [5, 5.41) is 22.3. The van der Waals surface area contributed by atoms with Gasteiger partial charge in [0.15, 0.2) is 11.5 Å². The van der Waals surface area contributed by atoms with Crippen molar-refractivity contribution in [3.63, 3.8) is 0 Å². The average Bonchev–Trinajstić information content (AvgIpc) is 3.52. The van der Waals surface area contributed by atoms with Crippen molar-refractivity contribution in [2.75, 3.05) is 76.3 Å². The third-order valence-corrected chi connectivity index (χ3v) is 7.88. The Morgan fingerprint density at radius 2 is 1.89 bits per heavy atom. The van der Waals surface area contributed by atoms with Gasteiger partial charge in [-0.05, 0) is 65.9 Å². The number of hydrogen-bond donors (Lipinski definition) is 2. The summed E-state index contributed by atoms with van der Waals surface area (Å²) in [6.07, 6.45) is 2.21. The van der Waals surface area contributed by atoms with Crippen LogP contribution in [0, 0.1) is 6.92 Å². The van der Waals surface area contributed by atoms with Gasteiger partial charge in [0.05, 0.1) is 42.6 Å². The molecule has 2 fully saturated rings. The van der Waals surface area contributed by atoms with Crippen LogP contribution in [-0.2, 0) is 4.74 Å². The Hall–Kier alpha value is -4.21. The molecule has 5 rings (SSSR count). The van der Waals surface area contributed by atoms with Crippen LogP contribution in [-0.4, -0.2) is 130 Å². The molecular weight excluding hydrogens is 578 g/mol. The Morgan fingerprint density at radius 1 is 1.09 bits per heavy atom. The van der Waals surface area contributed by atoms with Crippen molar-refractivity contribution in [1.82, 2.24) is 45.3 Å². The van der Waals surface area contributed by atoms with Gasteiger partial charge >= 0.3 is 0 Å². The molecule has 0 spiro atoms. The smallest absolute Gasteiger partial charge is 0.281 e. The normalized spacial score (nSPS) is 17.8. The fourth-order valence-electron chi connectivity index (χ4n) is 5.24. The van der Waals surface area contributed by atoms with E-state index in [0.717, 1.165) is 64.6 Å². The lowest BCUT2D eigenvalue weighted by Gasteiger charge is -2.39. The standard InChI is InChI=1S/C30H43N11O4/c1-20(2)45-30-27(36-34-22(4)32-30)29(43)33-24-17-23(7-8-26(24)40-12-11-38(5)21(3)18-40)41-19-25(35-37-41)28(42)31-9-6-10-39-13-15-44-16-14-39/h7-8,17,19-21H,6,9-16,18H2,1-5H3,(H,31,42)(H,33,43)/t21-/m1/s1. The lowest BCUT2D eigenvalue weighted by Crippen LogP contribution is -2.50. The molecule has 0 aliphatic carbocycles. The molecule has 3 aromatic rings. The van der Waals surface area contributed by atoms with Gasteiger partial charge in [0.1, 0.15) is 0 Å². The summed E-state index contributed by atoms with van der Waals surface area (Å²) in [4.78, 5) is 37.6. The van der Waals surface area contributed by atoms with Crippen LogP contribution in [0.4, 0.5) is 11.4 Å². The van der Waals surface area contributed by atoms with Crippen LogP contribution in [0.5, 0.6) is 5.88 Å². The zero-order valence-electron chi connectivity index (χ0n) is 26.7. The van der Waals surface area contributed by atoms with Crippen LogP contribution in [0.3, 0.4) is 0 Å². The molecule has 2 aromatic heterocycles. The second kappa shape index (κ2) is 14.7. The molecule has 1 atom stereocenters. The van der Waals surface area contributed by atoms with E-state index in [2.05, 4.69) is 64.8 Å². The SMILES string of the molecule is Cc1nnc(C(=O)Nc2cc(-n3cc(C(=O)NCCCN4CCOCC4)nn3)ccc2N2CCN(C)[C@H](C)C2)c(OC(C)C)n1. The summed E-state index contributed by atoms with van der Waals surface area (Å²) in [7, 11) is 2.11. The van der Waals surface area contributed by atoms with E-state index in [1.807, 2.05) is 32.0 Å². The largest absolute Gasteiger partial charge is 0.473 e. The summed E-state index contributed by atoms with van der Waals surface area (Å²) in [5.41, 5.74) is 2.23. The van der Waals surface area contributed by atoms with E-state index in [1.54, 1.807) is 13.1 Å². The third kappa shape index (κ3) is 8.29. The van der Waals surface area contributed by atoms with Gasteiger partial charge < -0.3 is 29.9 Å². The number of nitrogens with zero attached hydrogens (tertiary/aromatic N) is 9. The van der Waals surface area contributed by atoms with Crippen molar-refractivity contribution in [2.45, 2.75) is 46.3 Å². The van der Waals surface area contributed by atoms with E-state index in [9.17, 15) is 9.59 Å². The number of aromatic nitrogens is 6. The first kappa shape index (κ1) is 32.2. The van der Waals surface area contributed by atoms with Crippen molar-refractivity contribution in [1.29, 1.82) is 0 Å². The zero-order chi connectivity index (χ0) is 31.9. The molecule has 1 aromatic carbocycles. The topological polar surface area (TPSA) is 156 Å². The lowest BCUT2D eigenvalue weighted by molar-refractivity contribution is 0.0374. The number of piperazine rings is 1. The van der Waals surface area contributed by atoms with Crippen LogP contribution in [0.2, 0.25) is 0 Å². The van der Waals surface area contributed by atoms with E-state index in [-0.39, 0.29) is 29.3 Å². The number of likely N-dealkylation sites (N-methyl/N-ethyl adjacent to an activating group) is 1. The van der Waals surface area contributed by atoms with Crippen LogP contribution in [0.25, 0.3) is 5.69 Å². The van der Waals surface area contributed by atoms with E-state index < -0.39 is 5.91 Å². The summed E-state index contributed by atoms with van der Waals surface area (Å²) < 4.78 is 12.7. The Balaban J connectivity index is 1.34. The minimum absolute atomic E-state index is 0.00858. The maximum atomic E-state index is 13.6. The molecule has 15 nitrogen and oxygen atoms in total. The van der Waals surface area contributed by atoms with Crippen molar-refractivity contribution in [3.05, 3.63) is 41.6 Å². The monoisotopic (exact) mass is 621 g/mol. The van der Waals surface area contributed by atoms with Gasteiger partial charge in [0.2, 0.25) is 11.6 Å². The van der Waals surface area contributed by atoms with Crippen LogP contribution >= 0.6 is 0 Å². The number of morpholine rings is 1. The van der Waals surface area contributed by atoms with Gasteiger partial charge in [-0.2, -0.15) is 4.98 Å². The van der Waals surface area contributed by atoms with Gasteiger partial charge in [0, 0.05) is 45.3 Å². The lowest BCUT2D eigenvalue weighted by atomic mass is 10.1. The van der Waals surface area contributed by atoms with E-state index in [0.29, 0.717) is 29.8 Å². The number of aryl methyl sites for hydroxylation is 1. The van der Waals surface area contributed by atoms with Gasteiger partial charge in [0.25, 0.3) is 11.8 Å². The molecule has 0 saturated carbocycles. The predicted molar refractivity (Wildman–Crippen MR) is 168 cm³/mol. The number of amides is 2. The summed E-state index contributed by atoms with van der Waals surface area (Å²) in [6.45, 7) is 14.8. The molecule has 0 radical (unpaired) electrons. The highest BCUT2D eigenvalue weighted by molar-refractivity contribution is 6.06. The summed E-state index contributed by atoms with van der Waals surface area (Å²) in [5.74, 6) is -0.262. The van der Waals surface area contributed by atoms with Crippen LogP contribution < -0.4 is 20.3 Å². The van der Waals surface area contributed by atoms with Gasteiger partial charge in [-0.15, -0.1) is 15.3 Å². The van der Waals surface area contributed by atoms with Crippen LogP contribution in [0.1, 0.15) is 54.0 Å². The maximum absolute atomic E-state index is 13.6. The fourth-order valence-corrected chi connectivity index (χ4v) is 5.24. The molecule has 2 saturated heterocycles. The molecule has 15 heteroatoms. The van der Waals surface area contributed by atoms with Gasteiger partial charge in [-0.1, -0.05) is 5.21 Å². The fraction of sp³-hybridized carbons (Fsp3) is 0.567. The zero-order valence-corrected chi connectivity index (χ0v) is 26.7. The molecule has 2 N–H and O–H groups in total. The minimum Gasteiger partial charge on any atom is -0.473 e. The molecule has 2 aliphatic rings. The number of carbonyl (C=O) groups is 2. The number of benzene rings is 1. The quantitative estimate of drug-likeness (QED) is 0.297. The highest BCUT2D eigenvalue weighted by Gasteiger charge is 2.26. The first-order valence-corrected chi connectivity index (χ1v) is 15.5. The molecular formula is C30H43N11O4. The van der Waals surface area contributed by atoms with Gasteiger partial charge in [-0.3, -0.25) is 14.5 Å². The summed E-state index contributed by atoms with van der Waals surface area (Å²) in [6, 6.07) is 5.98. The van der Waals surface area contributed by atoms with Gasteiger partial charge in [-0.25, -0.2) is 4.68 Å². The predicted octanol–water partition coefficient (Wildman–Crippen LogP) is 1.39. The van der Waals surface area contributed by atoms with Crippen molar-refractivity contribution < 1.29 is 19.1 Å². The maximum Gasteiger partial charge on any atom is 0.281 e. The second-order valence-electron chi connectivity index (χ2n) is 11.7. The molecule has 242 valence electrons. The minimum atomic E-state index is -0.498. The Morgan fingerprint density at radius 3 is 2.64 bits per heavy atom. The molecule has 2 amide bonds. The number of hydrogen-bond acceptors (Lipinski definition) is 12. The average molecular weight is 622 g/mol. The Kier molecular flexibility index (Phi) is 10.5. The summed E-state index contributed by atoms with van der Waals surface area (Å²) >= 11 is 0. The van der Waals surface area contributed by atoms with E-state index >= 15 is 0 Å². The molecule has 0 bridgehead atoms. The first-order valence-electron chi connectivity index (χ1n) is 15.5. The van der Waals surface area contributed by atoms with Crippen LogP contribution in [0.15, 0.2) is 24.4 Å².